The Balaban J connectivity index is 1.84. The number of nitrogens with zero attached hydrogens (tertiary/aromatic N) is 3. The Morgan fingerprint density at radius 2 is 2.26 bits per heavy atom. The van der Waals surface area contributed by atoms with Gasteiger partial charge in [0.15, 0.2) is 0 Å². The molecule has 2 N–H and O–H groups in total. The number of amides is 1. The van der Waals surface area contributed by atoms with E-state index in [4.69, 9.17) is 0 Å². The Hall–Kier alpha value is -1.43. The van der Waals surface area contributed by atoms with Gasteiger partial charge < -0.3 is 10.2 Å². The van der Waals surface area contributed by atoms with Crippen LogP contribution in [0.25, 0.3) is 0 Å². The van der Waals surface area contributed by atoms with Crippen LogP contribution >= 0.6 is 0 Å². The van der Waals surface area contributed by atoms with Crippen molar-refractivity contribution in [3.8, 4) is 0 Å². The van der Waals surface area contributed by atoms with E-state index in [9.17, 15) is 4.79 Å². The van der Waals surface area contributed by atoms with Crippen LogP contribution in [0, 0.1) is 11.8 Å². The predicted molar refractivity (Wildman–Crippen MR) is 70.7 cm³/mol. The monoisotopic (exact) mass is 263 g/mol. The second-order valence-corrected chi connectivity index (χ2v) is 6.05. The van der Waals surface area contributed by atoms with E-state index in [-0.39, 0.29) is 11.4 Å². The van der Waals surface area contributed by atoms with E-state index >= 15 is 0 Å². The van der Waals surface area contributed by atoms with Crippen molar-refractivity contribution in [2.45, 2.75) is 32.7 Å². The Kier molecular flexibility index (Phi) is 2.85. The SMILES string of the molecule is CCc1nc(C(=O)N2CC3CNCC3C2(C)C)n[nH]1. The molecule has 2 saturated heterocycles. The van der Waals surface area contributed by atoms with Gasteiger partial charge in [0.1, 0.15) is 5.82 Å². The molecule has 1 aromatic rings. The minimum atomic E-state index is -0.127. The van der Waals surface area contributed by atoms with Crippen molar-refractivity contribution in [3.05, 3.63) is 11.6 Å². The molecule has 3 heterocycles. The number of hydrogen-bond acceptors (Lipinski definition) is 4. The molecule has 2 aliphatic heterocycles. The number of aromatic amines is 1. The van der Waals surface area contributed by atoms with Crippen LogP contribution in [0.4, 0.5) is 0 Å². The molecule has 1 aromatic heterocycles. The molecule has 1 amide bonds. The highest BCUT2D eigenvalue weighted by molar-refractivity contribution is 5.91. The van der Waals surface area contributed by atoms with Gasteiger partial charge in [0.2, 0.25) is 5.82 Å². The first-order valence-corrected chi connectivity index (χ1v) is 6.98. The summed E-state index contributed by atoms with van der Waals surface area (Å²) < 4.78 is 0. The third kappa shape index (κ3) is 1.85. The predicted octanol–water partition coefficient (Wildman–Crippen LogP) is 0.437. The lowest BCUT2D eigenvalue weighted by Gasteiger charge is -2.34. The van der Waals surface area contributed by atoms with E-state index in [1.165, 1.54) is 0 Å². The van der Waals surface area contributed by atoms with Gasteiger partial charge in [-0.25, -0.2) is 4.98 Å². The number of aromatic nitrogens is 3. The van der Waals surface area contributed by atoms with Gasteiger partial charge in [-0.3, -0.25) is 9.89 Å². The van der Waals surface area contributed by atoms with E-state index in [1.807, 2.05) is 11.8 Å². The molecule has 0 aromatic carbocycles. The quantitative estimate of drug-likeness (QED) is 0.812. The minimum absolute atomic E-state index is 0.0460. The van der Waals surface area contributed by atoms with Gasteiger partial charge in [-0.15, -0.1) is 5.10 Å². The first-order chi connectivity index (χ1) is 9.04. The number of aryl methyl sites for hydroxylation is 1. The van der Waals surface area contributed by atoms with Gasteiger partial charge in [-0.1, -0.05) is 6.92 Å². The summed E-state index contributed by atoms with van der Waals surface area (Å²) in [6.07, 6.45) is 0.763. The normalized spacial score (nSPS) is 28.7. The standard InChI is InChI=1S/C13H21N5O/c1-4-10-15-11(17-16-10)12(19)18-7-8-5-14-6-9(8)13(18,2)3/h8-9,14H,4-7H2,1-3H3,(H,15,16,17). The fourth-order valence-corrected chi connectivity index (χ4v) is 3.44. The summed E-state index contributed by atoms with van der Waals surface area (Å²) in [7, 11) is 0. The molecule has 2 unspecified atom stereocenters. The molecule has 19 heavy (non-hydrogen) atoms. The summed E-state index contributed by atoms with van der Waals surface area (Å²) in [6.45, 7) is 9.10. The molecular weight excluding hydrogens is 242 g/mol. The van der Waals surface area contributed by atoms with E-state index in [1.54, 1.807) is 0 Å². The first-order valence-electron chi connectivity index (χ1n) is 6.98. The highest BCUT2D eigenvalue weighted by Gasteiger charge is 2.51. The summed E-state index contributed by atoms with van der Waals surface area (Å²) in [6, 6.07) is 0. The molecule has 2 atom stereocenters. The van der Waals surface area contributed by atoms with Crippen LogP contribution in [0.2, 0.25) is 0 Å². The average Bonchev–Trinajstić information content (AvgIpc) is 3.06. The van der Waals surface area contributed by atoms with Crippen molar-refractivity contribution in [1.82, 2.24) is 25.4 Å². The Bertz CT molecular complexity index is 495. The van der Waals surface area contributed by atoms with Crippen molar-refractivity contribution in [2.24, 2.45) is 11.8 Å². The number of carbonyl (C=O) groups is 1. The smallest absolute Gasteiger partial charge is 0.293 e. The van der Waals surface area contributed by atoms with Crippen molar-refractivity contribution in [1.29, 1.82) is 0 Å². The van der Waals surface area contributed by atoms with Gasteiger partial charge in [0.25, 0.3) is 5.91 Å². The molecular formula is C13H21N5O. The van der Waals surface area contributed by atoms with E-state index < -0.39 is 0 Å². The zero-order valence-electron chi connectivity index (χ0n) is 11.7. The molecule has 0 spiro atoms. The second kappa shape index (κ2) is 4.30. The van der Waals surface area contributed by atoms with Crippen LogP contribution in [0.1, 0.15) is 37.2 Å². The number of H-pyrrole nitrogens is 1. The second-order valence-electron chi connectivity index (χ2n) is 6.05. The molecule has 6 heteroatoms. The lowest BCUT2D eigenvalue weighted by atomic mass is 9.85. The number of hydrogen-bond donors (Lipinski definition) is 2. The molecule has 0 radical (unpaired) electrons. The highest BCUT2D eigenvalue weighted by Crippen LogP contribution is 2.40. The van der Waals surface area contributed by atoms with Crippen LogP contribution in [0.15, 0.2) is 0 Å². The van der Waals surface area contributed by atoms with Gasteiger partial charge >= 0.3 is 0 Å². The van der Waals surface area contributed by atoms with E-state index in [0.717, 1.165) is 31.9 Å². The largest absolute Gasteiger partial charge is 0.330 e. The minimum Gasteiger partial charge on any atom is -0.330 e. The molecule has 0 saturated carbocycles. The maximum Gasteiger partial charge on any atom is 0.293 e. The topological polar surface area (TPSA) is 73.9 Å². The fraction of sp³-hybridized carbons (Fsp3) is 0.769. The third-order valence-electron chi connectivity index (χ3n) is 4.66. The molecule has 2 fully saturated rings. The Morgan fingerprint density at radius 1 is 1.47 bits per heavy atom. The lowest BCUT2D eigenvalue weighted by Crippen LogP contribution is -2.48. The van der Waals surface area contributed by atoms with Crippen LogP contribution < -0.4 is 5.32 Å². The van der Waals surface area contributed by atoms with Crippen molar-refractivity contribution >= 4 is 5.91 Å². The summed E-state index contributed by atoms with van der Waals surface area (Å²) in [5, 5.41) is 10.3. The Labute approximate surface area is 113 Å². The first kappa shape index (κ1) is 12.6. The van der Waals surface area contributed by atoms with Gasteiger partial charge in [-0.2, -0.15) is 0 Å². The number of nitrogens with one attached hydrogen (secondary N) is 2. The summed E-state index contributed by atoms with van der Waals surface area (Å²) in [4.78, 5) is 18.8. The van der Waals surface area contributed by atoms with Gasteiger partial charge in [-0.05, 0) is 25.7 Å². The van der Waals surface area contributed by atoms with Crippen LogP contribution in [0.3, 0.4) is 0 Å². The van der Waals surface area contributed by atoms with Crippen LogP contribution in [0.5, 0.6) is 0 Å². The summed E-state index contributed by atoms with van der Waals surface area (Å²) in [5.74, 6) is 2.11. The van der Waals surface area contributed by atoms with E-state index in [2.05, 4.69) is 34.3 Å². The molecule has 2 aliphatic rings. The molecule has 104 valence electrons. The summed E-state index contributed by atoms with van der Waals surface area (Å²) >= 11 is 0. The van der Waals surface area contributed by atoms with E-state index in [0.29, 0.717) is 17.7 Å². The van der Waals surface area contributed by atoms with Crippen LogP contribution in [-0.2, 0) is 6.42 Å². The number of likely N-dealkylation sites (tertiary alicyclic amines) is 1. The molecule has 3 rings (SSSR count). The summed E-state index contributed by atoms with van der Waals surface area (Å²) in [5.41, 5.74) is -0.127. The molecule has 0 bridgehead atoms. The average molecular weight is 263 g/mol. The van der Waals surface area contributed by atoms with Crippen LogP contribution in [-0.4, -0.2) is 51.2 Å². The fourth-order valence-electron chi connectivity index (χ4n) is 3.44. The zero-order chi connectivity index (χ0) is 13.6. The van der Waals surface area contributed by atoms with Crippen molar-refractivity contribution in [3.63, 3.8) is 0 Å². The molecule has 6 nitrogen and oxygen atoms in total. The number of fused-ring (bicyclic) bond motifs is 1. The van der Waals surface area contributed by atoms with Crippen molar-refractivity contribution < 1.29 is 4.79 Å². The van der Waals surface area contributed by atoms with Crippen molar-refractivity contribution in [2.75, 3.05) is 19.6 Å². The molecule has 0 aliphatic carbocycles. The maximum atomic E-state index is 12.6. The number of rotatable bonds is 2. The zero-order valence-corrected chi connectivity index (χ0v) is 11.7. The Morgan fingerprint density at radius 3 is 2.89 bits per heavy atom. The third-order valence-corrected chi connectivity index (χ3v) is 4.66. The van der Waals surface area contributed by atoms with Gasteiger partial charge in [0, 0.05) is 31.6 Å². The van der Waals surface area contributed by atoms with Gasteiger partial charge in [0.05, 0.1) is 0 Å². The lowest BCUT2D eigenvalue weighted by molar-refractivity contribution is 0.0591. The highest BCUT2D eigenvalue weighted by atomic mass is 16.2. The number of carbonyl (C=O) groups excluding carboxylic acids is 1. The maximum absolute atomic E-state index is 12.6.